The van der Waals surface area contributed by atoms with Crippen LogP contribution in [-0.2, 0) is 15.3 Å². The normalized spacial score (nSPS) is 12.4. The summed E-state index contributed by atoms with van der Waals surface area (Å²) >= 11 is 6.19. The maximum absolute atomic E-state index is 6.19. The van der Waals surface area contributed by atoms with Crippen LogP contribution >= 0.6 is 11.6 Å². The molecule has 0 atom stereocenters. The van der Waals surface area contributed by atoms with Crippen LogP contribution in [0, 0.1) is 0 Å². The smallest absolute Gasteiger partial charge is 0.354 e. The van der Waals surface area contributed by atoms with E-state index in [2.05, 4.69) is 24.3 Å². The van der Waals surface area contributed by atoms with Gasteiger partial charge in [-0.25, -0.2) is 0 Å². The number of benzene rings is 1. The number of alkyl halides is 1. The monoisotopic (exact) mass is 300 g/mol. The maximum Gasteiger partial charge on any atom is 0.354 e. The summed E-state index contributed by atoms with van der Waals surface area (Å²) in [5.41, 5.74) is 1.79. The van der Waals surface area contributed by atoms with E-state index in [1.54, 1.807) is 0 Å². The van der Waals surface area contributed by atoms with Gasteiger partial charge in [0.05, 0.1) is 5.50 Å². The van der Waals surface area contributed by atoms with Crippen molar-refractivity contribution in [2.75, 3.05) is 5.50 Å². The van der Waals surface area contributed by atoms with Crippen molar-refractivity contribution in [3.05, 3.63) is 35.9 Å². The molecule has 4 heteroatoms. The quantitative estimate of drug-likeness (QED) is 0.526. The molecule has 1 aromatic rings. The third-order valence-corrected chi connectivity index (χ3v) is 7.18. The minimum absolute atomic E-state index is 0.153. The first-order valence-electron chi connectivity index (χ1n) is 6.93. The first kappa shape index (κ1) is 16.7. The van der Waals surface area contributed by atoms with Crippen LogP contribution < -0.4 is 0 Å². The van der Waals surface area contributed by atoms with Crippen LogP contribution in [0.5, 0.6) is 0 Å². The van der Waals surface area contributed by atoms with Gasteiger partial charge in [-0.05, 0) is 45.7 Å². The third-order valence-electron chi connectivity index (χ3n) is 2.74. The summed E-state index contributed by atoms with van der Waals surface area (Å²) in [7, 11) is -2.31. The van der Waals surface area contributed by atoms with Gasteiger partial charge < -0.3 is 8.85 Å². The van der Waals surface area contributed by atoms with E-state index in [4.69, 9.17) is 20.5 Å². The molecule has 0 aliphatic rings. The Hall–Kier alpha value is -0.353. The molecule has 0 aliphatic carbocycles. The van der Waals surface area contributed by atoms with Crippen molar-refractivity contribution in [1.29, 1.82) is 0 Å². The molecule has 0 spiro atoms. The second-order valence-electron chi connectivity index (χ2n) is 5.36. The zero-order chi connectivity index (χ0) is 14.3. The van der Waals surface area contributed by atoms with Gasteiger partial charge in [-0.1, -0.05) is 30.3 Å². The third kappa shape index (κ3) is 6.08. The van der Waals surface area contributed by atoms with E-state index < -0.39 is 8.56 Å². The predicted octanol–water partition coefficient (Wildman–Crippen LogP) is 4.30. The van der Waals surface area contributed by atoms with Gasteiger partial charge in [0.25, 0.3) is 0 Å². The number of halogens is 1. The van der Waals surface area contributed by atoms with Gasteiger partial charge in [0, 0.05) is 12.2 Å². The molecule has 0 N–H and O–H groups in total. The molecule has 0 amide bonds. The van der Waals surface area contributed by atoms with Crippen LogP contribution in [0.15, 0.2) is 30.3 Å². The molecule has 0 aromatic heterocycles. The van der Waals surface area contributed by atoms with Crippen molar-refractivity contribution in [3.63, 3.8) is 0 Å². The van der Waals surface area contributed by atoms with E-state index in [-0.39, 0.29) is 12.2 Å². The van der Waals surface area contributed by atoms with E-state index in [0.717, 1.165) is 12.5 Å². The molecule has 0 bridgehead atoms. The van der Waals surface area contributed by atoms with Crippen molar-refractivity contribution >= 4 is 20.2 Å². The highest BCUT2D eigenvalue weighted by Gasteiger charge is 2.38. The lowest BCUT2D eigenvalue weighted by Crippen LogP contribution is -2.48. The van der Waals surface area contributed by atoms with E-state index >= 15 is 0 Å². The molecule has 1 rings (SSSR count). The summed E-state index contributed by atoms with van der Waals surface area (Å²) in [6.07, 6.45) is 1.26. The number of aryl methyl sites for hydroxylation is 1. The van der Waals surface area contributed by atoms with E-state index in [0.29, 0.717) is 5.50 Å². The van der Waals surface area contributed by atoms with Gasteiger partial charge in [0.2, 0.25) is 0 Å². The Morgan fingerprint density at radius 2 is 1.53 bits per heavy atom. The fraction of sp³-hybridized carbons (Fsp3) is 0.600. The first-order valence-corrected chi connectivity index (χ1v) is 9.69. The average molecular weight is 301 g/mol. The van der Waals surface area contributed by atoms with Gasteiger partial charge in [-0.3, -0.25) is 0 Å². The maximum atomic E-state index is 6.19. The molecule has 0 aliphatic heterocycles. The van der Waals surface area contributed by atoms with Crippen LogP contribution in [-0.4, -0.2) is 26.3 Å². The molecule has 0 radical (unpaired) electrons. The van der Waals surface area contributed by atoms with E-state index in [9.17, 15) is 0 Å². The van der Waals surface area contributed by atoms with Crippen molar-refractivity contribution in [1.82, 2.24) is 0 Å². The Kier molecular flexibility index (Phi) is 7.08. The number of hydrogen-bond donors (Lipinski definition) is 0. The highest BCUT2D eigenvalue weighted by molar-refractivity contribution is 6.74. The summed E-state index contributed by atoms with van der Waals surface area (Å²) in [5.74, 6) is 0. The lowest BCUT2D eigenvalue weighted by Gasteiger charge is -2.32. The summed E-state index contributed by atoms with van der Waals surface area (Å²) in [6, 6.07) is 11.3. The molecule has 0 saturated carbocycles. The highest BCUT2D eigenvalue weighted by Crippen LogP contribution is 2.22. The first-order chi connectivity index (χ1) is 8.97. The molecule has 19 heavy (non-hydrogen) atoms. The van der Waals surface area contributed by atoms with Crippen LogP contribution in [0.2, 0.25) is 6.04 Å². The van der Waals surface area contributed by atoms with Gasteiger partial charge in [-0.2, -0.15) is 0 Å². The van der Waals surface area contributed by atoms with Crippen LogP contribution in [0.4, 0.5) is 0 Å². The van der Waals surface area contributed by atoms with Gasteiger partial charge >= 0.3 is 8.56 Å². The van der Waals surface area contributed by atoms with Crippen LogP contribution in [0.25, 0.3) is 0 Å². The lowest BCUT2D eigenvalue weighted by atomic mass is 10.2. The molecular formula is C15H25ClO2Si. The molecule has 1 aromatic carbocycles. The fourth-order valence-electron chi connectivity index (χ4n) is 2.11. The molecule has 0 fully saturated rings. The number of rotatable bonds is 8. The van der Waals surface area contributed by atoms with Crippen LogP contribution in [0.3, 0.4) is 0 Å². The zero-order valence-electron chi connectivity index (χ0n) is 12.4. The average Bonchev–Trinajstić information content (AvgIpc) is 2.36. The molecule has 2 nitrogen and oxygen atoms in total. The van der Waals surface area contributed by atoms with Crippen molar-refractivity contribution < 1.29 is 8.85 Å². The Morgan fingerprint density at radius 3 is 1.95 bits per heavy atom. The van der Waals surface area contributed by atoms with Gasteiger partial charge in [0.1, 0.15) is 0 Å². The fourth-order valence-corrected chi connectivity index (χ4v) is 5.83. The summed E-state index contributed by atoms with van der Waals surface area (Å²) in [5, 5.41) is 0. The van der Waals surface area contributed by atoms with Gasteiger partial charge in [-0.15, -0.1) is 11.6 Å². The van der Waals surface area contributed by atoms with Crippen molar-refractivity contribution in [3.8, 4) is 0 Å². The van der Waals surface area contributed by atoms with E-state index in [1.807, 2.05) is 33.8 Å². The zero-order valence-corrected chi connectivity index (χ0v) is 14.1. The predicted molar refractivity (Wildman–Crippen MR) is 83.9 cm³/mol. The topological polar surface area (TPSA) is 18.5 Å². The van der Waals surface area contributed by atoms with Crippen LogP contribution in [0.1, 0.15) is 33.3 Å². The Morgan fingerprint density at radius 1 is 1.00 bits per heavy atom. The SMILES string of the molecule is CC(C)O[Si](CCl)(CCc1ccccc1)OC(C)C. The van der Waals surface area contributed by atoms with Gasteiger partial charge in [0.15, 0.2) is 0 Å². The molecular weight excluding hydrogens is 276 g/mol. The second-order valence-corrected chi connectivity index (χ2v) is 9.22. The summed E-state index contributed by atoms with van der Waals surface area (Å²) < 4.78 is 12.2. The Labute approximate surface area is 123 Å². The van der Waals surface area contributed by atoms with Crippen molar-refractivity contribution in [2.45, 2.75) is 52.4 Å². The Balaban J connectivity index is 2.72. The van der Waals surface area contributed by atoms with E-state index in [1.165, 1.54) is 5.56 Å². The lowest BCUT2D eigenvalue weighted by molar-refractivity contribution is 0.108. The minimum Gasteiger partial charge on any atom is -0.391 e. The second kappa shape index (κ2) is 8.05. The Bertz CT molecular complexity index is 344. The minimum atomic E-state index is -2.31. The molecule has 0 saturated heterocycles. The summed E-state index contributed by atoms with van der Waals surface area (Å²) in [6.45, 7) is 8.17. The standard InChI is InChI=1S/C15H25ClO2Si/c1-13(2)17-19(12-16,18-14(3)4)11-10-15-8-6-5-7-9-15/h5-9,13-14H,10-12H2,1-4H3. The largest absolute Gasteiger partial charge is 0.391 e. The summed E-state index contributed by atoms with van der Waals surface area (Å²) in [4.78, 5) is 0. The highest BCUT2D eigenvalue weighted by atomic mass is 35.5. The number of hydrogen-bond acceptors (Lipinski definition) is 2. The molecule has 108 valence electrons. The molecule has 0 unspecified atom stereocenters. The van der Waals surface area contributed by atoms with Crippen molar-refractivity contribution in [2.24, 2.45) is 0 Å². The molecule has 0 heterocycles.